The highest BCUT2D eigenvalue weighted by molar-refractivity contribution is 4.85. The lowest BCUT2D eigenvalue weighted by molar-refractivity contribution is -0.271. The van der Waals surface area contributed by atoms with Gasteiger partial charge in [0.1, 0.15) is 6.10 Å². The molecule has 4 N–H and O–H groups in total. The molecule has 1 heterocycles. The van der Waals surface area contributed by atoms with E-state index in [4.69, 9.17) is 20.1 Å². The van der Waals surface area contributed by atoms with Crippen molar-refractivity contribution in [1.29, 1.82) is 0 Å². The second-order valence-electron chi connectivity index (χ2n) is 3.09. The summed E-state index contributed by atoms with van der Waals surface area (Å²) in [5.74, 6) is -0.381. The summed E-state index contributed by atoms with van der Waals surface area (Å²) in [7, 11) is 0. The highest BCUT2D eigenvalue weighted by Gasteiger charge is 2.40. The first-order valence-electron chi connectivity index (χ1n) is 3.88. The summed E-state index contributed by atoms with van der Waals surface area (Å²) in [6, 6.07) is 0. The van der Waals surface area contributed by atoms with Gasteiger partial charge in [-0.3, -0.25) is 0 Å². The Morgan fingerprint density at radius 2 is 1.75 bits per heavy atom. The highest BCUT2D eigenvalue weighted by Crippen LogP contribution is 2.24. The third kappa shape index (κ3) is 1.60. The minimum absolute atomic E-state index is 0.276. The van der Waals surface area contributed by atoms with Gasteiger partial charge in [-0.1, -0.05) is 6.92 Å². The highest BCUT2D eigenvalue weighted by atomic mass is 16.6. The topological polar surface area (TPSA) is 90.2 Å². The lowest BCUT2D eigenvalue weighted by atomic mass is 9.91. The summed E-state index contributed by atoms with van der Waals surface area (Å²) in [6.45, 7) is 1.36. The molecule has 5 nitrogen and oxygen atoms in total. The van der Waals surface area contributed by atoms with E-state index in [0.717, 1.165) is 0 Å². The smallest absolute Gasteiger partial charge is 0.183 e. The van der Waals surface area contributed by atoms with Gasteiger partial charge in [0.15, 0.2) is 6.29 Å². The molecule has 0 bridgehead atoms. The number of aliphatic hydroxyl groups is 4. The molecule has 0 spiro atoms. The van der Waals surface area contributed by atoms with E-state index in [-0.39, 0.29) is 12.5 Å². The number of aliphatic hydroxyl groups excluding tert-OH is 4. The Morgan fingerprint density at radius 1 is 1.17 bits per heavy atom. The normalized spacial score (nSPS) is 49.2. The van der Waals surface area contributed by atoms with E-state index >= 15 is 0 Å². The van der Waals surface area contributed by atoms with Gasteiger partial charge < -0.3 is 25.2 Å². The Kier molecular flexibility index (Phi) is 3.03. The van der Waals surface area contributed by atoms with Gasteiger partial charge in [-0.05, 0) is 0 Å². The van der Waals surface area contributed by atoms with Crippen molar-refractivity contribution in [3.8, 4) is 0 Å². The largest absolute Gasteiger partial charge is 0.394 e. The standard InChI is InChI=1S/C7H14O5/c1-3-4(2-8)12-7(11)6(10)5(3)9/h3-11H,2H2,1H3/t3?,4?,5?,6-,7+/m0/s1. The fourth-order valence-electron chi connectivity index (χ4n) is 1.29. The molecular weight excluding hydrogens is 164 g/mol. The van der Waals surface area contributed by atoms with Crippen molar-refractivity contribution in [2.45, 2.75) is 31.5 Å². The molecule has 0 aromatic rings. The van der Waals surface area contributed by atoms with Crippen molar-refractivity contribution in [3.05, 3.63) is 0 Å². The maximum atomic E-state index is 9.32. The molecule has 1 aliphatic heterocycles. The van der Waals surface area contributed by atoms with Crippen LogP contribution >= 0.6 is 0 Å². The van der Waals surface area contributed by atoms with E-state index in [0.29, 0.717) is 0 Å². The quantitative estimate of drug-likeness (QED) is 0.375. The van der Waals surface area contributed by atoms with Crippen LogP contribution in [0.1, 0.15) is 6.92 Å². The monoisotopic (exact) mass is 178 g/mol. The van der Waals surface area contributed by atoms with Crippen LogP contribution < -0.4 is 0 Å². The molecule has 0 aromatic carbocycles. The number of rotatable bonds is 1. The molecule has 0 saturated carbocycles. The summed E-state index contributed by atoms with van der Waals surface area (Å²) < 4.78 is 4.83. The first kappa shape index (κ1) is 9.88. The van der Waals surface area contributed by atoms with Crippen LogP contribution in [0, 0.1) is 5.92 Å². The predicted molar refractivity (Wildman–Crippen MR) is 39.1 cm³/mol. The summed E-state index contributed by atoms with van der Waals surface area (Å²) in [5, 5.41) is 36.2. The Balaban J connectivity index is 2.63. The van der Waals surface area contributed by atoms with Gasteiger partial charge in [-0.25, -0.2) is 0 Å². The zero-order valence-electron chi connectivity index (χ0n) is 6.79. The van der Waals surface area contributed by atoms with Crippen LogP contribution in [-0.2, 0) is 4.74 Å². The van der Waals surface area contributed by atoms with Crippen LogP contribution in [0.5, 0.6) is 0 Å². The Bertz CT molecular complexity index is 146. The van der Waals surface area contributed by atoms with Crippen LogP contribution in [0.3, 0.4) is 0 Å². The second kappa shape index (κ2) is 3.68. The molecule has 1 aliphatic rings. The van der Waals surface area contributed by atoms with Crippen molar-refractivity contribution in [2.75, 3.05) is 6.61 Å². The van der Waals surface area contributed by atoms with E-state index in [9.17, 15) is 5.11 Å². The summed E-state index contributed by atoms with van der Waals surface area (Å²) in [5.41, 5.74) is 0. The van der Waals surface area contributed by atoms with Crippen LogP contribution in [0.2, 0.25) is 0 Å². The Hall–Kier alpha value is -0.200. The molecule has 0 radical (unpaired) electrons. The van der Waals surface area contributed by atoms with Gasteiger partial charge in [0.05, 0.1) is 18.8 Å². The van der Waals surface area contributed by atoms with Gasteiger partial charge in [0.25, 0.3) is 0 Å². The molecule has 0 aliphatic carbocycles. The zero-order valence-corrected chi connectivity index (χ0v) is 6.79. The van der Waals surface area contributed by atoms with E-state index < -0.39 is 24.6 Å². The lowest BCUT2D eigenvalue weighted by Gasteiger charge is -2.38. The maximum absolute atomic E-state index is 9.32. The van der Waals surface area contributed by atoms with Crippen molar-refractivity contribution in [2.24, 2.45) is 5.92 Å². The Labute approximate surface area is 70.2 Å². The first-order chi connectivity index (χ1) is 5.57. The van der Waals surface area contributed by atoms with Gasteiger partial charge in [-0.15, -0.1) is 0 Å². The van der Waals surface area contributed by atoms with Crippen molar-refractivity contribution in [1.82, 2.24) is 0 Å². The van der Waals surface area contributed by atoms with Gasteiger partial charge in [0.2, 0.25) is 0 Å². The molecule has 3 unspecified atom stereocenters. The van der Waals surface area contributed by atoms with E-state index in [2.05, 4.69) is 0 Å². The van der Waals surface area contributed by atoms with Crippen LogP contribution in [0.15, 0.2) is 0 Å². The lowest BCUT2D eigenvalue weighted by Crippen LogP contribution is -2.54. The van der Waals surface area contributed by atoms with Crippen molar-refractivity contribution < 1.29 is 25.2 Å². The van der Waals surface area contributed by atoms with Crippen LogP contribution in [0.4, 0.5) is 0 Å². The third-order valence-corrected chi connectivity index (χ3v) is 2.26. The fraction of sp³-hybridized carbons (Fsp3) is 1.00. The van der Waals surface area contributed by atoms with E-state index in [1.54, 1.807) is 6.92 Å². The predicted octanol–water partition coefficient (Wildman–Crippen LogP) is -1.95. The minimum atomic E-state index is -1.41. The van der Waals surface area contributed by atoms with Crippen LogP contribution in [-0.4, -0.2) is 51.6 Å². The number of ether oxygens (including phenoxy) is 1. The van der Waals surface area contributed by atoms with E-state index in [1.165, 1.54) is 0 Å². The molecule has 1 rings (SSSR count). The van der Waals surface area contributed by atoms with Crippen LogP contribution in [0.25, 0.3) is 0 Å². The summed E-state index contributed by atoms with van der Waals surface area (Å²) in [4.78, 5) is 0. The molecule has 12 heavy (non-hydrogen) atoms. The van der Waals surface area contributed by atoms with Gasteiger partial charge in [0, 0.05) is 5.92 Å². The molecule has 1 fully saturated rings. The average molecular weight is 178 g/mol. The molecule has 5 atom stereocenters. The van der Waals surface area contributed by atoms with Gasteiger partial charge in [-0.2, -0.15) is 0 Å². The molecule has 5 heteroatoms. The number of hydrogen-bond donors (Lipinski definition) is 4. The zero-order chi connectivity index (χ0) is 9.30. The summed E-state index contributed by atoms with van der Waals surface area (Å²) >= 11 is 0. The fourth-order valence-corrected chi connectivity index (χ4v) is 1.29. The molecular formula is C7H14O5. The molecule has 72 valence electrons. The number of hydrogen-bond acceptors (Lipinski definition) is 5. The summed E-state index contributed by atoms with van der Waals surface area (Å²) in [6.07, 6.45) is -4.36. The minimum Gasteiger partial charge on any atom is -0.394 e. The van der Waals surface area contributed by atoms with Crippen molar-refractivity contribution >= 4 is 0 Å². The molecule has 1 saturated heterocycles. The second-order valence-corrected chi connectivity index (χ2v) is 3.09. The first-order valence-corrected chi connectivity index (χ1v) is 3.88. The van der Waals surface area contributed by atoms with E-state index in [1.807, 2.05) is 0 Å². The Morgan fingerprint density at radius 3 is 2.25 bits per heavy atom. The maximum Gasteiger partial charge on any atom is 0.183 e. The third-order valence-electron chi connectivity index (χ3n) is 2.26. The van der Waals surface area contributed by atoms with Gasteiger partial charge >= 0.3 is 0 Å². The SMILES string of the molecule is CC1C(CO)O[C@@H](O)[C@@H](O)C1O. The average Bonchev–Trinajstić information content (AvgIpc) is 2.08. The van der Waals surface area contributed by atoms with Crippen molar-refractivity contribution in [3.63, 3.8) is 0 Å². The molecule has 0 aromatic heterocycles. The molecule has 0 amide bonds.